The van der Waals surface area contributed by atoms with E-state index in [-0.39, 0.29) is 36.7 Å². The Hall–Kier alpha value is -1.97. The van der Waals surface area contributed by atoms with Crippen molar-refractivity contribution in [3.63, 3.8) is 0 Å². The van der Waals surface area contributed by atoms with Gasteiger partial charge < -0.3 is 26.0 Å². The third-order valence-electron chi connectivity index (χ3n) is 6.77. The maximum absolute atomic E-state index is 13.8. The van der Waals surface area contributed by atoms with Crippen molar-refractivity contribution in [3.05, 3.63) is 0 Å². The molecule has 0 aromatic heterocycles. The van der Waals surface area contributed by atoms with Gasteiger partial charge in [-0.1, -0.05) is 26.2 Å². The molecule has 1 saturated carbocycles. The molecule has 0 aromatic carbocycles. The lowest BCUT2D eigenvalue weighted by Crippen LogP contribution is -2.60. The van der Waals surface area contributed by atoms with Crippen LogP contribution in [0.25, 0.3) is 0 Å². The molecule has 0 spiro atoms. The second-order valence-corrected chi connectivity index (χ2v) is 11.6. The summed E-state index contributed by atoms with van der Waals surface area (Å²) in [5, 5.41) is 13.7. The first-order valence-corrected chi connectivity index (χ1v) is 13.6. The summed E-state index contributed by atoms with van der Waals surface area (Å²) in [6.07, 6.45) is 6.42. The first-order valence-electron chi connectivity index (χ1n) is 12.6. The molecule has 1 aliphatic carbocycles. The second kappa shape index (κ2) is 13.2. The number of alkyl carbamates (subject to hydrolysis) is 1. The Morgan fingerprint density at radius 1 is 1.21 bits per heavy atom. The number of carbonyl (C=O) groups excluding carboxylic acids is 3. The van der Waals surface area contributed by atoms with Crippen LogP contribution >= 0.6 is 11.8 Å². The minimum atomic E-state index is -0.887. The topological polar surface area (TPSA) is 138 Å². The number of carbonyl (C=O) groups is 3. The Morgan fingerprint density at radius 3 is 2.47 bits per heavy atom. The summed E-state index contributed by atoms with van der Waals surface area (Å²) >= 11 is 1.59. The van der Waals surface area contributed by atoms with E-state index in [0.717, 1.165) is 25.0 Å². The molecule has 3 atom stereocenters. The highest BCUT2D eigenvalue weighted by molar-refractivity contribution is 8.00. The van der Waals surface area contributed by atoms with Gasteiger partial charge in [-0.15, -0.1) is 0 Å². The van der Waals surface area contributed by atoms with E-state index in [4.69, 9.17) is 15.9 Å². The first-order chi connectivity index (χ1) is 16.1. The number of amides is 3. The van der Waals surface area contributed by atoms with E-state index < -0.39 is 22.9 Å². The largest absolute Gasteiger partial charge is 0.450 e. The van der Waals surface area contributed by atoms with Gasteiger partial charge in [0.2, 0.25) is 11.8 Å². The van der Waals surface area contributed by atoms with Gasteiger partial charge >= 0.3 is 6.09 Å². The number of nitrogens with zero attached hydrogens (tertiary/aromatic N) is 1. The quantitative estimate of drug-likeness (QED) is 0.256. The molecule has 2 rings (SSSR count). The summed E-state index contributed by atoms with van der Waals surface area (Å²) in [6.45, 7) is 8.58. The molecule has 0 radical (unpaired) electrons. The average molecular weight is 498 g/mol. The minimum Gasteiger partial charge on any atom is -0.450 e. The Kier molecular flexibility index (Phi) is 11.0. The predicted octanol–water partition coefficient (Wildman–Crippen LogP) is 2.87. The molecule has 1 saturated heterocycles. The van der Waals surface area contributed by atoms with Gasteiger partial charge in [-0.25, -0.2) is 4.79 Å². The molecule has 10 heteroatoms. The van der Waals surface area contributed by atoms with Crippen molar-refractivity contribution in [2.45, 2.75) is 89.5 Å². The van der Waals surface area contributed by atoms with Crippen LogP contribution in [0.2, 0.25) is 0 Å². The van der Waals surface area contributed by atoms with Crippen LogP contribution in [0.5, 0.6) is 0 Å². The normalized spacial score (nSPS) is 22.2. The van der Waals surface area contributed by atoms with E-state index in [1.807, 2.05) is 13.8 Å². The Bertz CT molecular complexity index is 726. The van der Waals surface area contributed by atoms with Gasteiger partial charge in [0, 0.05) is 23.8 Å². The number of thioether (sulfide) groups is 1. The van der Waals surface area contributed by atoms with E-state index in [2.05, 4.69) is 17.6 Å². The number of likely N-dealkylation sites (tertiary alicyclic amines) is 1. The van der Waals surface area contributed by atoms with E-state index in [1.54, 1.807) is 18.7 Å². The van der Waals surface area contributed by atoms with Gasteiger partial charge in [-0.05, 0) is 58.1 Å². The van der Waals surface area contributed by atoms with Crippen LogP contribution < -0.4 is 16.4 Å². The molecule has 9 nitrogen and oxygen atoms in total. The number of nitrogens with one attached hydrogen (secondary N) is 3. The van der Waals surface area contributed by atoms with Crippen LogP contribution in [0.15, 0.2) is 0 Å². The summed E-state index contributed by atoms with van der Waals surface area (Å²) in [6, 6.07) is -1.61. The smallest absolute Gasteiger partial charge is 0.407 e. The lowest BCUT2D eigenvalue weighted by molar-refractivity contribution is -0.140. The van der Waals surface area contributed by atoms with Gasteiger partial charge in [0.25, 0.3) is 0 Å². The highest BCUT2D eigenvalue weighted by Crippen LogP contribution is 2.33. The van der Waals surface area contributed by atoms with Crippen molar-refractivity contribution in [2.24, 2.45) is 17.6 Å². The maximum Gasteiger partial charge on any atom is 0.407 e. The molecule has 0 aromatic rings. The van der Waals surface area contributed by atoms with E-state index >= 15 is 0 Å². The molecule has 1 aliphatic heterocycles. The number of nitrogens with two attached hydrogens (primary N) is 1. The number of amidine groups is 1. The number of rotatable bonds is 11. The fraction of sp³-hybridized carbons (Fsp3) is 0.833. The van der Waals surface area contributed by atoms with Crippen LogP contribution in [0.3, 0.4) is 0 Å². The Balaban J connectivity index is 2.22. The molecule has 0 unspecified atom stereocenters. The SMILES string of the molecule is CCCSC(C)(C)[C@@H](NC(=O)OCC)C(=O)N1C[C@H](C(=N)N)C[C@H]1C(=O)NCC1CCCCC1. The highest BCUT2D eigenvalue weighted by atomic mass is 32.2. The average Bonchev–Trinajstić information content (AvgIpc) is 3.26. The van der Waals surface area contributed by atoms with Crippen LogP contribution in [-0.4, -0.2) is 70.9 Å². The van der Waals surface area contributed by atoms with E-state index in [0.29, 0.717) is 18.9 Å². The second-order valence-electron chi connectivity index (χ2n) is 9.89. The lowest BCUT2D eigenvalue weighted by Gasteiger charge is -2.37. The standard InChI is InChI=1S/C24H43N5O4S/c1-5-12-34-24(3,4)19(28-23(32)33-6-2)22(31)29-15-17(20(25)26)13-18(29)21(30)27-14-16-10-8-7-9-11-16/h16-19H,5-15H2,1-4H3,(H3,25,26)(H,27,30)(H,28,32)/t17-,18+,19+/m1/s1. The maximum atomic E-state index is 13.8. The van der Waals surface area contributed by atoms with Crippen molar-refractivity contribution < 1.29 is 19.1 Å². The number of ether oxygens (including phenoxy) is 1. The Morgan fingerprint density at radius 2 is 1.88 bits per heavy atom. The van der Waals surface area contributed by atoms with Crippen molar-refractivity contribution in [2.75, 3.05) is 25.4 Å². The third-order valence-corrected chi connectivity index (χ3v) is 8.37. The van der Waals surface area contributed by atoms with Gasteiger partial charge in [-0.3, -0.25) is 15.0 Å². The van der Waals surface area contributed by atoms with Crippen molar-refractivity contribution >= 4 is 35.5 Å². The van der Waals surface area contributed by atoms with Gasteiger partial charge in [0.05, 0.1) is 12.4 Å². The first kappa shape index (κ1) is 28.3. The number of hydrogen-bond donors (Lipinski definition) is 4. The molecular weight excluding hydrogens is 454 g/mol. The third kappa shape index (κ3) is 7.78. The molecule has 2 aliphatic rings. The fourth-order valence-corrected chi connectivity index (χ4v) is 5.80. The van der Waals surface area contributed by atoms with Crippen LogP contribution in [0, 0.1) is 17.2 Å². The zero-order valence-electron chi connectivity index (χ0n) is 21.2. The molecule has 2 fully saturated rings. The molecular formula is C24H43N5O4S. The van der Waals surface area contributed by atoms with Gasteiger partial charge in [0.15, 0.2) is 0 Å². The van der Waals surface area contributed by atoms with Crippen molar-refractivity contribution in [1.29, 1.82) is 5.41 Å². The highest BCUT2D eigenvalue weighted by Gasteiger charge is 2.47. The zero-order valence-corrected chi connectivity index (χ0v) is 22.0. The van der Waals surface area contributed by atoms with Crippen molar-refractivity contribution in [3.8, 4) is 0 Å². The zero-order chi connectivity index (χ0) is 25.3. The summed E-state index contributed by atoms with van der Waals surface area (Å²) in [4.78, 5) is 40.9. The molecule has 34 heavy (non-hydrogen) atoms. The molecule has 3 amide bonds. The minimum absolute atomic E-state index is 0.0325. The predicted molar refractivity (Wildman–Crippen MR) is 136 cm³/mol. The molecule has 194 valence electrons. The summed E-state index contributed by atoms with van der Waals surface area (Å²) in [5.74, 6) is 0.316. The molecule has 0 bridgehead atoms. The fourth-order valence-electron chi connectivity index (χ4n) is 4.75. The Labute approximate surface area is 208 Å². The summed E-state index contributed by atoms with van der Waals surface area (Å²) in [5.41, 5.74) is 5.78. The monoisotopic (exact) mass is 497 g/mol. The number of hydrogen-bond acceptors (Lipinski definition) is 6. The van der Waals surface area contributed by atoms with Crippen LogP contribution in [-0.2, 0) is 14.3 Å². The summed E-state index contributed by atoms with van der Waals surface area (Å²) in [7, 11) is 0. The van der Waals surface area contributed by atoms with Crippen LogP contribution in [0.4, 0.5) is 4.79 Å². The molecule has 1 heterocycles. The summed E-state index contributed by atoms with van der Waals surface area (Å²) < 4.78 is 4.43. The van der Waals surface area contributed by atoms with E-state index in [9.17, 15) is 14.4 Å². The van der Waals surface area contributed by atoms with Crippen LogP contribution in [0.1, 0.15) is 72.6 Å². The van der Waals surface area contributed by atoms with E-state index in [1.165, 1.54) is 24.2 Å². The van der Waals surface area contributed by atoms with Gasteiger partial charge in [-0.2, -0.15) is 11.8 Å². The molecule has 5 N–H and O–H groups in total. The lowest BCUT2D eigenvalue weighted by atomic mass is 9.89. The van der Waals surface area contributed by atoms with Gasteiger partial charge in [0.1, 0.15) is 12.1 Å². The van der Waals surface area contributed by atoms with Crippen molar-refractivity contribution in [1.82, 2.24) is 15.5 Å².